The lowest BCUT2D eigenvalue weighted by atomic mass is 9.71. The van der Waals surface area contributed by atoms with Crippen LogP contribution in [0.15, 0.2) is 35.9 Å². The van der Waals surface area contributed by atoms with E-state index in [-0.39, 0.29) is 6.42 Å². The molecule has 0 heterocycles. The second kappa shape index (κ2) is 11.3. The number of benzene rings is 1. The number of aliphatic carboxylic acids is 1. The van der Waals surface area contributed by atoms with Crippen LogP contribution in [0.5, 0.6) is 5.75 Å². The van der Waals surface area contributed by atoms with Gasteiger partial charge in [0.05, 0.1) is 12.5 Å². The zero-order valence-corrected chi connectivity index (χ0v) is 17.7. The van der Waals surface area contributed by atoms with Crippen molar-refractivity contribution < 1.29 is 19.4 Å². The highest BCUT2D eigenvalue weighted by atomic mass is 16.5. The molecule has 0 aliphatic heterocycles. The maximum Gasteiger partial charge on any atom is 0.306 e. The summed E-state index contributed by atoms with van der Waals surface area (Å²) in [6, 6.07) is 7.65. The van der Waals surface area contributed by atoms with Gasteiger partial charge in [-0.15, -0.1) is 0 Å². The normalized spacial score (nSPS) is 17.0. The molecule has 1 aromatic carbocycles. The lowest BCUT2D eigenvalue weighted by molar-refractivity contribution is -0.140. The van der Waals surface area contributed by atoms with Crippen LogP contribution in [0.25, 0.3) is 0 Å². The van der Waals surface area contributed by atoms with Crippen molar-refractivity contribution in [1.82, 2.24) is 0 Å². The van der Waals surface area contributed by atoms with Gasteiger partial charge in [-0.3, -0.25) is 4.79 Å². The molecule has 1 unspecified atom stereocenters. The van der Waals surface area contributed by atoms with Crippen LogP contribution in [0.3, 0.4) is 0 Å². The smallest absolute Gasteiger partial charge is 0.306 e. The van der Waals surface area contributed by atoms with Crippen LogP contribution in [-0.4, -0.2) is 24.3 Å². The fourth-order valence-electron chi connectivity index (χ4n) is 4.46. The number of carboxylic acids is 1. The second-order valence-electron chi connectivity index (χ2n) is 7.92. The van der Waals surface area contributed by atoms with E-state index < -0.39 is 12.1 Å². The topological polar surface area (TPSA) is 55.8 Å². The summed E-state index contributed by atoms with van der Waals surface area (Å²) in [4.78, 5) is 11.0. The second-order valence-corrected chi connectivity index (χ2v) is 7.92. The number of hydrogen-bond acceptors (Lipinski definition) is 3. The highest BCUT2D eigenvalue weighted by Crippen LogP contribution is 2.42. The van der Waals surface area contributed by atoms with Gasteiger partial charge in [0.2, 0.25) is 0 Å². The Morgan fingerprint density at radius 1 is 1.14 bits per heavy atom. The number of carbonyl (C=O) groups is 1. The minimum atomic E-state index is -0.856. The lowest BCUT2D eigenvalue weighted by Crippen LogP contribution is -2.23. The molecular formula is C24H36O4. The summed E-state index contributed by atoms with van der Waals surface area (Å²) in [5.74, 6) is -0.0389. The highest BCUT2D eigenvalue weighted by molar-refractivity contribution is 5.67. The quantitative estimate of drug-likeness (QED) is 0.426. The fraction of sp³-hybridized carbons (Fsp3) is 0.625. The highest BCUT2D eigenvalue weighted by Gasteiger charge is 2.29. The van der Waals surface area contributed by atoms with Gasteiger partial charge in [0.15, 0.2) is 0 Å². The van der Waals surface area contributed by atoms with Crippen molar-refractivity contribution in [1.29, 1.82) is 0 Å². The summed E-state index contributed by atoms with van der Waals surface area (Å²) in [7, 11) is 0. The third-order valence-electron chi connectivity index (χ3n) is 5.58. The van der Waals surface area contributed by atoms with Crippen molar-refractivity contribution in [2.75, 3.05) is 13.2 Å². The molecule has 4 heteroatoms. The standard InChI is InChI=1S/C24H36O4/c1-4-13-24(14-5-2)15-7-8-19(17-24)18-28-21-11-9-20(10-12-21)22(27-6-3)16-23(25)26/h9-12,17,22H,4-8,13-16,18H2,1-3H3,(H,25,26). The molecule has 156 valence electrons. The van der Waals surface area contributed by atoms with Gasteiger partial charge in [0, 0.05) is 6.61 Å². The Kier molecular flexibility index (Phi) is 9.04. The fourth-order valence-corrected chi connectivity index (χ4v) is 4.46. The first kappa shape index (κ1) is 22.5. The maximum absolute atomic E-state index is 11.0. The predicted octanol–water partition coefficient (Wildman–Crippen LogP) is 6.31. The Bertz CT molecular complexity index is 627. The van der Waals surface area contributed by atoms with Crippen LogP contribution in [0.4, 0.5) is 0 Å². The largest absolute Gasteiger partial charge is 0.489 e. The molecule has 1 atom stereocenters. The van der Waals surface area contributed by atoms with Crippen molar-refractivity contribution >= 4 is 5.97 Å². The Hall–Kier alpha value is -1.81. The minimum absolute atomic E-state index is 0.0299. The van der Waals surface area contributed by atoms with Gasteiger partial charge in [-0.05, 0) is 67.7 Å². The Labute approximate surface area is 169 Å². The number of hydrogen-bond donors (Lipinski definition) is 1. The van der Waals surface area contributed by atoms with Crippen LogP contribution in [0.2, 0.25) is 0 Å². The summed E-state index contributed by atoms with van der Waals surface area (Å²) >= 11 is 0. The van der Waals surface area contributed by atoms with Crippen LogP contribution < -0.4 is 4.74 Å². The third-order valence-corrected chi connectivity index (χ3v) is 5.58. The maximum atomic E-state index is 11.0. The van der Waals surface area contributed by atoms with E-state index in [1.165, 1.54) is 44.1 Å². The molecule has 1 aliphatic rings. The number of rotatable bonds is 12. The van der Waals surface area contributed by atoms with Crippen LogP contribution in [-0.2, 0) is 9.53 Å². The molecule has 0 saturated heterocycles. The van der Waals surface area contributed by atoms with E-state index in [4.69, 9.17) is 14.6 Å². The van der Waals surface area contributed by atoms with E-state index >= 15 is 0 Å². The van der Waals surface area contributed by atoms with Gasteiger partial charge in [0.1, 0.15) is 12.4 Å². The Balaban J connectivity index is 2.00. The zero-order valence-electron chi connectivity index (χ0n) is 17.7. The first-order valence-electron chi connectivity index (χ1n) is 10.8. The first-order valence-corrected chi connectivity index (χ1v) is 10.8. The van der Waals surface area contributed by atoms with Gasteiger partial charge >= 0.3 is 5.97 Å². The molecular weight excluding hydrogens is 352 g/mol. The van der Waals surface area contributed by atoms with Crippen LogP contribution in [0, 0.1) is 5.41 Å². The number of ether oxygens (including phenoxy) is 2. The van der Waals surface area contributed by atoms with Gasteiger partial charge < -0.3 is 14.6 Å². The predicted molar refractivity (Wildman–Crippen MR) is 113 cm³/mol. The van der Waals surface area contributed by atoms with Crippen LogP contribution >= 0.6 is 0 Å². The molecule has 0 amide bonds. The van der Waals surface area contributed by atoms with Gasteiger partial charge in [-0.25, -0.2) is 0 Å². The molecule has 1 aliphatic carbocycles. The molecule has 1 aromatic rings. The van der Waals surface area contributed by atoms with E-state index in [1.54, 1.807) is 0 Å². The molecule has 0 fully saturated rings. The van der Waals surface area contributed by atoms with E-state index in [0.717, 1.165) is 17.7 Å². The molecule has 0 bridgehead atoms. The molecule has 0 saturated carbocycles. The summed E-state index contributed by atoms with van der Waals surface area (Å²) in [6.07, 6.45) is 10.7. The Morgan fingerprint density at radius 2 is 1.82 bits per heavy atom. The molecule has 2 rings (SSSR count). The lowest BCUT2D eigenvalue weighted by Gasteiger charge is -2.35. The van der Waals surface area contributed by atoms with Crippen molar-refractivity contribution in [2.45, 2.75) is 78.2 Å². The minimum Gasteiger partial charge on any atom is -0.489 e. The van der Waals surface area contributed by atoms with Crippen molar-refractivity contribution in [3.8, 4) is 5.75 Å². The summed E-state index contributed by atoms with van der Waals surface area (Å²) in [5, 5.41) is 9.06. The molecule has 28 heavy (non-hydrogen) atoms. The monoisotopic (exact) mass is 388 g/mol. The Morgan fingerprint density at radius 3 is 2.39 bits per heavy atom. The zero-order chi connectivity index (χ0) is 20.4. The van der Waals surface area contributed by atoms with Crippen molar-refractivity contribution in [3.63, 3.8) is 0 Å². The van der Waals surface area contributed by atoms with Crippen LogP contribution in [0.1, 0.15) is 83.8 Å². The summed E-state index contributed by atoms with van der Waals surface area (Å²) in [5.41, 5.74) is 2.65. The van der Waals surface area contributed by atoms with Gasteiger partial charge in [0.25, 0.3) is 0 Å². The molecule has 0 spiro atoms. The summed E-state index contributed by atoms with van der Waals surface area (Å²) in [6.45, 7) is 7.55. The summed E-state index contributed by atoms with van der Waals surface area (Å²) < 4.78 is 11.6. The molecule has 0 aromatic heterocycles. The molecule has 1 N–H and O–H groups in total. The average Bonchev–Trinajstić information content (AvgIpc) is 2.67. The average molecular weight is 389 g/mol. The van der Waals surface area contributed by atoms with E-state index in [9.17, 15) is 4.79 Å². The number of carboxylic acid groups (broad SMARTS) is 1. The SMILES string of the molecule is CCCC1(CCC)C=C(COc2ccc(C(CC(=O)O)OCC)cc2)CCC1. The molecule has 0 radical (unpaired) electrons. The van der Waals surface area contributed by atoms with Gasteiger partial charge in [-0.2, -0.15) is 0 Å². The first-order chi connectivity index (χ1) is 13.5. The number of allylic oxidation sites excluding steroid dienone is 1. The van der Waals surface area contributed by atoms with Crippen molar-refractivity contribution in [3.05, 3.63) is 41.5 Å². The molecule has 4 nitrogen and oxygen atoms in total. The van der Waals surface area contributed by atoms with E-state index in [2.05, 4.69) is 19.9 Å². The van der Waals surface area contributed by atoms with Crippen molar-refractivity contribution in [2.24, 2.45) is 5.41 Å². The van der Waals surface area contributed by atoms with Gasteiger partial charge in [-0.1, -0.05) is 44.9 Å². The van der Waals surface area contributed by atoms with E-state index in [1.807, 2.05) is 31.2 Å². The van der Waals surface area contributed by atoms with E-state index in [0.29, 0.717) is 18.6 Å². The third kappa shape index (κ3) is 6.66.